The molecule has 0 aliphatic carbocycles. The lowest BCUT2D eigenvalue weighted by Crippen LogP contribution is -2.48. The van der Waals surface area contributed by atoms with Gasteiger partial charge >= 0.3 is 0 Å². The molecule has 180 valence electrons. The summed E-state index contributed by atoms with van der Waals surface area (Å²) in [5.74, 6) is -0.0837. The van der Waals surface area contributed by atoms with Crippen LogP contribution in [0.3, 0.4) is 0 Å². The van der Waals surface area contributed by atoms with E-state index in [9.17, 15) is 14.9 Å². The highest BCUT2D eigenvalue weighted by atomic mass is 35.5. The number of piperazine rings is 1. The van der Waals surface area contributed by atoms with Crippen molar-refractivity contribution in [3.63, 3.8) is 0 Å². The van der Waals surface area contributed by atoms with Crippen LogP contribution in [0.2, 0.25) is 10.0 Å². The Morgan fingerprint density at radius 1 is 0.829 bits per heavy atom. The number of benzene rings is 3. The molecule has 0 spiro atoms. The highest BCUT2D eigenvalue weighted by Gasteiger charge is 2.27. The van der Waals surface area contributed by atoms with Crippen molar-refractivity contribution < 1.29 is 9.72 Å². The molecular weight excluding hydrogens is 487 g/mol. The van der Waals surface area contributed by atoms with Crippen molar-refractivity contribution in [2.75, 3.05) is 42.5 Å². The maximum absolute atomic E-state index is 12.9. The Morgan fingerprint density at radius 2 is 1.57 bits per heavy atom. The zero-order valence-corrected chi connectivity index (χ0v) is 20.5. The molecule has 0 atom stereocenters. The van der Waals surface area contributed by atoms with Crippen molar-refractivity contribution in [1.82, 2.24) is 4.90 Å². The van der Waals surface area contributed by atoms with Crippen LogP contribution >= 0.6 is 23.2 Å². The van der Waals surface area contributed by atoms with Crippen molar-refractivity contribution in [2.45, 2.75) is 13.0 Å². The van der Waals surface area contributed by atoms with E-state index >= 15 is 0 Å². The molecule has 0 radical (unpaired) electrons. The van der Waals surface area contributed by atoms with Gasteiger partial charge in [0.25, 0.3) is 11.6 Å². The van der Waals surface area contributed by atoms with Crippen LogP contribution in [0, 0.1) is 10.1 Å². The molecule has 0 unspecified atom stereocenters. The molecule has 1 saturated heterocycles. The molecular formula is C26H24Cl2N4O3. The topological polar surface area (TPSA) is 69.9 Å². The molecule has 5 rings (SSSR count). The number of nitro benzene ring substituents is 1. The fraction of sp³-hybridized carbons (Fsp3) is 0.269. The van der Waals surface area contributed by atoms with Crippen LogP contribution in [0.5, 0.6) is 0 Å². The van der Waals surface area contributed by atoms with E-state index < -0.39 is 0 Å². The highest BCUT2D eigenvalue weighted by Crippen LogP contribution is 2.36. The van der Waals surface area contributed by atoms with E-state index in [1.54, 1.807) is 35.2 Å². The summed E-state index contributed by atoms with van der Waals surface area (Å²) in [5, 5.41) is 12.6. The minimum atomic E-state index is -0.312. The monoisotopic (exact) mass is 510 g/mol. The maximum atomic E-state index is 12.9. The number of fused-ring (bicyclic) bond motifs is 1. The Bertz CT molecular complexity index is 1290. The predicted molar refractivity (Wildman–Crippen MR) is 139 cm³/mol. The average molecular weight is 511 g/mol. The largest absolute Gasteiger partial charge is 0.368 e. The fourth-order valence-electron chi connectivity index (χ4n) is 4.80. The van der Waals surface area contributed by atoms with E-state index in [2.05, 4.69) is 21.9 Å². The molecule has 0 saturated carbocycles. The Balaban J connectivity index is 1.32. The SMILES string of the molecule is O=C(c1ccc(Cl)c(Cl)c1)N1CCN(c2ccc([N+](=O)[O-])c(N3CCc4ccccc4C3)c2)CC1. The van der Waals surface area contributed by atoms with Crippen molar-refractivity contribution in [2.24, 2.45) is 0 Å². The lowest BCUT2D eigenvalue weighted by atomic mass is 9.99. The van der Waals surface area contributed by atoms with E-state index in [1.165, 1.54) is 11.1 Å². The molecule has 35 heavy (non-hydrogen) atoms. The second kappa shape index (κ2) is 9.76. The van der Waals surface area contributed by atoms with Gasteiger partial charge in [-0.2, -0.15) is 0 Å². The number of rotatable bonds is 4. The molecule has 7 nitrogen and oxygen atoms in total. The summed E-state index contributed by atoms with van der Waals surface area (Å²) in [6, 6.07) is 18.5. The van der Waals surface area contributed by atoms with Gasteiger partial charge in [-0.3, -0.25) is 14.9 Å². The first-order valence-electron chi connectivity index (χ1n) is 11.5. The second-order valence-corrected chi connectivity index (χ2v) is 9.59. The van der Waals surface area contributed by atoms with Gasteiger partial charge in [-0.1, -0.05) is 47.5 Å². The number of hydrogen-bond acceptors (Lipinski definition) is 5. The van der Waals surface area contributed by atoms with Gasteiger partial charge in [-0.05, 0) is 47.9 Å². The molecule has 3 aromatic carbocycles. The molecule has 9 heteroatoms. The van der Waals surface area contributed by atoms with Crippen molar-refractivity contribution >= 4 is 46.2 Å². The van der Waals surface area contributed by atoms with Crippen molar-refractivity contribution in [3.05, 3.63) is 97.5 Å². The van der Waals surface area contributed by atoms with Crippen LogP contribution in [0.1, 0.15) is 21.5 Å². The van der Waals surface area contributed by atoms with Crippen molar-refractivity contribution in [3.8, 4) is 0 Å². The van der Waals surface area contributed by atoms with Crippen LogP contribution in [0.15, 0.2) is 60.7 Å². The van der Waals surface area contributed by atoms with Gasteiger partial charge in [0.15, 0.2) is 0 Å². The quantitative estimate of drug-likeness (QED) is 0.345. The molecule has 2 aliphatic heterocycles. The second-order valence-electron chi connectivity index (χ2n) is 8.78. The zero-order chi connectivity index (χ0) is 24.5. The lowest BCUT2D eigenvalue weighted by molar-refractivity contribution is -0.384. The van der Waals surface area contributed by atoms with Crippen LogP contribution < -0.4 is 9.80 Å². The molecule has 2 aliphatic rings. The lowest BCUT2D eigenvalue weighted by Gasteiger charge is -2.37. The molecule has 1 fully saturated rings. The van der Waals surface area contributed by atoms with E-state index in [1.807, 2.05) is 18.2 Å². The molecule has 2 heterocycles. The first-order chi connectivity index (χ1) is 16.9. The van der Waals surface area contributed by atoms with Gasteiger partial charge in [-0.15, -0.1) is 0 Å². The van der Waals surface area contributed by atoms with E-state index in [0.29, 0.717) is 54.0 Å². The summed E-state index contributed by atoms with van der Waals surface area (Å²) in [7, 11) is 0. The summed E-state index contributed by atoms with van der Waals surface area (Å²) in [6.45, 7) is 3.73. The maximum Gasteiger partial charge on any atom is 0.292 e. The summed E-state index contributed by atoms with van der Waals surface area (Å²) < 4.78 is 0. The normalized spacial score (nSPS) is 15.7. The third kappa shape index (κ3) is 4.79. The van der Waals surface area contributed by atoms with Gasteiger partial charge < -0.3 is 14.7 Å². The number of hydrogen-bond donors (Lipinski definition) is 0. The van der Waals surface area contributed by atoms with Crippen LogP contribution in [0.4, 0.5) is 17.1 Å². The standard InChI is InChI=1S/C26H24Cl2N4O3/c27-22-7-5-19(15-23(22)28)26(33)30-13-11-29(12-14-30)21-6-8-24(32(34)35)25(16-21)31-10-9-18-3-1-2-4-20(18)17-31/h1-8,15-16H,9-14,17H2. The minimum Gasteiger partial charge on any atom is -0.368 e. The van der Waals surface area contributed by atoms with Crippen LogP contribution in [-0.2, 0) is 13.0 Å². The Labute approximate surface area is 213 Å². The van der Waals surface area contributed by atoms with Crippen LogP contribution in [0.25, 0.3) is 0 Å². The van der Waals surface area contributed by atoms with Gasteiger partial charge in [0.05, 0.1) is 15.0 Å². The van der Waals surface area contributed by atoms with Gasteiger partial charge in [0.2, 0.25) is 0 Å². The first-order valence-corrected chi connectivity index (χ1v) is 12.3. The Hall–Kier alpha value is -3.29. The minimum absolute atomic E-state index is 0.0837. The number of amides is 1. The number of carbonyl (C=O) groups is 1. The van der Waals surface area contributed by atoms with E-state index in [4.69, 9.17) is 23.2 Å². The number of halogens is 2. The Kier molecular flexibility index (Phi) is 6.54. The van der Waals surface area contributed by atoms with Gasteiger partial charge in [0, 0.05) is 56.6 Å². The van der Waals surface area contributed by atoms with Gasteiger partial charge in [-0.25, -0.2) is 0 Å². The van der Waals surface area contributed by atoms with Crippen LogP contribution in [-0.4, -0.2) is 48.5 Å². The zero-order valence-electron chi connectivity index (χ0n) is 19.0. The molecule has 1 amide bonds. The number of nitro groups is 1. The predicted octanol–water partition coefficient (Wildman–Crippen LogP) is 5.43. The highest BCUT2D eigenvalue weighted by molar-refractivity contribution is 6.42. The van der Waals surface area contributed by atoms with Gasteiger partial charge in [0.1, 0.15) is 5.69 Å². The number of nitrogens with zero attached hydrogens (tertiary/aromatic N) is 4. The van der Waals surface area contributed by atoms with Crippen molar-refractivity contribution in [1.29, 1.82) is 0 Å². The average Bonchev–Trinajstić information content (AvgIpc) is 2.89. The molecule has 0 aromatic heterocycles. The summed E-state index contributed by atoms with van der Waals surface area (Å²) in [6.07, 6.45) is 0.854. The summed E-state index contributed by atoms with van der Waals surface area (Å²) >= 11 is 12.1. The first kappa shape index (κ1) is 23.5. The molecule has 0 bridgehead atoms. The fourth-order valence-corrected chi connectivity index (χ4v) is 5.10. The third-order valence-corrected chi connectivity index (χ3v) is 7.46. The summed E-state index contributed by atoms with van der Waals surface area (Å²) in [4.78, 5) is 30.5. The smallest absolute Gasteiger partial charge is 0.292 e. The number of carbonyl (C=O) groups excluding carboxylic acids is 1. The Morgan fingerprint density at radius 3 is 2.29 bits per heavy atom. The number of anilines is 2. The molecule has 3 aromatic rings. The molecule has 0 N–H and O–H groups in total. The third-order valence-electron chi connectivity index (χ3n) is 6.73. The summed E-state index contributed by atoms with van der Waals surface area (Å²) in [5.41, 5.74) is 4.68. The van der Waals surface area contributed by atoms with E-state index in [0.717, 1.165) is 18.7 Å². The van der Waals surface area contributed by atoms with E-state index in [-0.39, 0.29) is 16.5 Å².